The van der Waals surface area contributed by atoms with E-state index in [0.717, 1.165) is 32.1 Å². The molecule has 0 aliphatic rings. The molecule has 0 heterocycles. The smallest absolute Gasteiger partial charge is 0.408 e. The third-order valence-electron chi connectivity index (χ3n) is 3.40. The lowest BCUT2D eigenvalue weighted by Gasteiger charge is -2.19. The molecule has 1 atom stereocenters. The third-order valence-corrected chi connectivity index (χ3v) is 3.40. The van der Waals surface area contributed by atoms with Crippen molar-refractivity contribution in [1.82, 2.24) is 5.32 Å². The van der Waals surface area contributed by atoms with Crippen LogP contribution in [0.15, 0.2) is 0 Å². The maximum Gasteiger partial charge on any atom is 0.408 e. The topological polar surface area (TPSA) is 98.5 Å². The minimum Gasteiger partial charge on any atom is -0.444 e. The highest BCUT2D eigenvalue weighted by atomic mass is 16.6. The molecule has 0 unspecified atom stereocenters. The second kappa shape index (κ2) is 11.0. The van der Waals surface area contributed by atoms with Crippen molar-refractivity contribution in [3.63, 3.8) is 0 Å². The number of nitrogens with one attached hydrogen (secondary N) is 1. The first-order valence-corrected chi connectivity index (χ1v) is 8.43. The Morgan fingerprint density at radius 1 is 1.09 bits per heavy atom. The second-order valence-corrected chi connectivity index (χ2v) is 6.88. The molecule has 2 amide bonds. The van der Waals surface area contributed by atoms with Gasteiger partial charge < -0.3 is 15.8 Å². The molecule has 0 saturated carbocycles. The lowest BCUT2D eigenvalue weighted by atomic mass is 9.94. The molecule has 0 aromatic carbocycles. The van der Waals surface area contributed by atoms with Crippen molar-refractivity contribution in [3.05, 3.63) is 0 Å². The van der Waals surface area contributed by atoms with E-state index in [9.17, 15) is 14.4 Å². The van der Waals surface area contributed by atoms with Crippen molar-refractivity contribution in [2.24, 2.45) is 11.7 Å². The molecule has 0 radical (unpaired) electrons. The van der Waals surface area contributed by atoms with Gasteiger partial charge in [-0.15, -0.1) is 0 Å². The van der Waals surface area contributed by atoms with Crippen LogP contribution in [0.5, 0.6) is 0 Å². The molecule has 3 N–H and O–H groups in total. The van der Waals surface area contributed by atoms with Gasteiger partial charge >= 0.3 is 6.09 Å². The van der Waals surface area contributed by atoms with Crippen LogP contribution >= 0.6 is 0 Å². The van der Waals surface area contributed by atoms with Crippen LogP contribution < -0.4 is 11.1 Å². The zero-order valence-corrected chi connectivity index (χ0v) is 14.9. The molecule has 0 rings (SSSR count). The molecule has 6 heteroatoms. The summed E-state index contributed by atoms with van der Waals surface area (Å²) in [5.41, 5.74) is 4.81. The van der Waals surface area contributed by atoms with Crippen LogP contribution in [0.25, 0.3) is 0 Å². The Labute approximate surface area is 139 Å². The van der Waals surface area contributed by atoms with E-state index in [1.54, 1.807) is 20.8 Å². The summed E-state index contributed by atoms with van der Waals surface area (Å²) in [6.45, 7) is 7.35. The molecule has 0 fully saturated rings. The number of carbonyl (C=O) groups is 3. The fourth-order valence-electron chi connectivity index (χ4n) is 2.17. The van der Waals surface area contributed by atoms with E-state index < -0.39 is 11.7 Å². The molecule has 0 spiro atoms. The fraction of sp³-hybridized carbons (Fsp3) is 0.824. The normalized spacial score (nSPS) is 12.5. The van der Waals surface area contributed by atoms with E-state index >= 15 is 0 Å². The largest absolute Gasteiger partial charge is 0.444 e. The zero-order chi connectivity index (χ0) is 17.9. The number of ether oxygens (including phenoxy) is 1. The maximum absolute atomic E-state index is 11.7. The summed E-state index contributed by atoms with van der Waals surface area (Å²) in [4.78, 5) is 34.4. The fourth-order valence-corrected chi connectivity index (χ4v) is 2.17. The van der Waals surface area contributed by atoms with Crippen LogP contribution in [-0.2, 0) is 14.3 Å². The number of hydrogen-bond donors (Lipinski definition) is 2. The Hall–Kier alpha value is -1.59. The monoisotopic (exact) mass is 328 g/mol. The van der Waals surface area contributed by atoms with E-state index in [1.165, 1.54) is 0 Å². The summed E-state index contributed by atoms with van der Waals surface area (Å²) in [6, 6.07) is 0. The summed E-state index contributed by atoms with van der Waals surface area (Å²) in [6.07, 6.45) is 4.86. The number of nitrogens with two attached hydrogens (primary N) is 1. The highest BCUT2D eigenvalue weighted by Gasteiger charge is 2.17. The first-order chi connectivity index (χ1) is 10.7. The highest BCUT2D eigenvalue weighted by Crippen LogP contribution is 2.16. The Bertz CT molecular complexity index is 389. The highest BCUT2D eigenvalue weighted by molar-refractivity contribution is 5.83. The van der Waals surface area contributed by atoms with Crippen LogP contribution in [0.2, 0.25) is 0 Å². The predicted molar refractivity (Wildman–Crippen MR) is 89.9 cm³/mol. The van der Waals surface area contributed by atoms with Crippen molar-refractivity contribution in [1.29, 1.82) is 0 Å². The van der Waals surface area contributed by atoms with E-state index in [-0.39, 0.29) is 24.2 Å². The quantitative estimate of drug-likeness (QED) is 0.570. The number of amides is 2. The van der Waals surface area contributed by atoms with Gasteiger partial charge in [0.25, 0.3) is 0 Å². The summed E-state index contributed by atoms with van der Waals surface area (Å²) < 4.78 is 5.06. The molecule has 0 aromatic rings. The van der Waals surface area contributed by atoms with Gasteiger partial charge in [-0.2, -0.15) is 0 Å². The van der Waals surface area contributed by atoms with Crippen molar-refractivity contribution in [2.45, 2.75) is 78.2 Å². The molecule has 134 valence electrons. The van der Waals surface area contributed by atoms with Gasteiger partial charge in [0, 0.05) is 12.3 Å². The summed E-state index contributed by atoms with van der Waals surface area (Å²) in [7, 11) is 0. The first-order valence-electron chi connectivity index (χ1n) is 8.43. The maximum atomic E-state index is 11.7. The summed E-state index contributed by atoms with van der Waals surface area (Å²) >= 11 is 0. The van der Waals surface area contributed by atoms with Gasteiger partial charge in [-0.25, -0.2) is 4.79 Å². The number of primary amides is 1. The number of carbonyl (C=O) groups excluding carboxylic acids is 3. The molecule has 0 aliphatic carbocycles. The lowest BCUT2D eigenvalue weighted by molar-refractivity contribution is -0.122. The van der Waals surface area contributed by atoms with E-state index in [1.807, 2.05) is 0 Å². The Balaban J connectivity index is 3.85. The summed E-state index contributed by atoms with van der Waals surface area (Å²) in [5, 5.41) is 2.45. The predicted octanol–water partition coefficient (Wildman–Crippen LogP) is 2.93. The van der Waals surface area contributed by atoms with E-state index in [4.69, 9.17) is 10.5 Å². The number of unbranched alkanes of at least 4 members (excludes halogenated alkanes) is 2. The Kier molecular flexibility index (Phi) is 10.3. The first kappa shape index (κ1) is 21.4. The molecule has 0 saturated heterocycles. The number of Topliss-reactive ketones (excluding diaryl/α,β-unsaturated/α-hetero) is 1. The molecule has 0 bridgehead atoms. The van der Waals surface area contributed by atoms with Crippen molar-refractivity contribution in [3.8, 4) is 0 Å². The van der Waals surface area contributed by atoms with Gasteiger partial charge in [0.2, 0.25) is 5.91 Å². The molecular weight excluding hydrogens is 296 g/mol. The average Bonchev–Trinajstić information content (AvgIpc) is 2.42. The van der Waals surface area contributed by atoms with Gasteiger partial charge in [-0.1, -0.05) is 26.2 Å². The third kappa shape index (κ3) is 12.6. The van der Waals surface area contributed by atoms with Crippen molar-refractivity contribution < 1.29 is 19.1 Å². The molecule has 23 heavy (non-hydrogen) atoms. The van der Waals surface area contributed by atoms with Gasteiger partial charge in [-0.05, 0) is 40.0 Å². The van der Waals surface area contributed by atoms with Crippen LogP contribution in [0.4, 0.5) is 4.79 Å². The minimum atomic E-state index is -0.584. The lowest BCUT2D eigenvalue weighted by Crippen LogP contribution is -2.35. The SMILES string of the molecule is CCCC[C@H](CCCCC(=O)CNC(=O)OC(C)(C)C)C(N)=O. The molecular formula is C17H32N2O4. The molecule has 0 aliphatic heterocycles. The Morgan fingerprint density at radius 2 is 1.70 bits per heavy atom. The van der Waals surface area contributed by atoms with Crippen LogP contribution in [-0.4, -0.2) is 29.9 Å². The van der Waals surface area contributed by atoms with E-state index in [0.29, 0.717) is 12.8 Å². The van der Waals surface area contributed by atoms with Crippen LogP contribution in [0.3, 0.4) is 0 Å². The van der Waals surface area contributed by atoms with Crippen LogP contribution in [0.1, 0.15) is 72.6 Å². The second-order valence-electron chi connectivity index (χ2n) is 6.88. The summed E-state index contributed by atoms with van der Waals surface area (Å²) in [5.74, 6) is -0.388. The number of alkyl carbamates (subject to hydrolysis) is 1. The van der Waals surface area contributed by atoms with Gasteiger partial charge in [-0.3, -0.25) is 9.59 Å². The Morgan fingerprint density at radius 3 is 2.22 bits per heavy atom. The van der Waals surface area contributed by atoms with Gasteiger partial charge in [0.05, 0.1) is 6.54 Å². The molecule has 6 nitrogen and oxygen atoms in total. The number of hydrogen-bond acceptors (Lipinski definition) is 4. The van der Waals surface area contributed by atoms with Gasteiger partial charge in [0.15, 0.2) is 5.78 Å². The average molecular weight is 328 g/mol. The minimum absolute atomic E-state index is 0.0238. The van der Waals surface area contributed by atoms with Crippen molar-refractivity contribution in [2.75, 3.05) is 6.54 Å². The van der Waals surface area contributed by atoms with E-state index in [2.05, 4.69) is 12.2 Å². The van der Waals surface area contributed by atoms with Gasteiger partial charge in [0.1, 0.15) is 5.60 Å². The molecule has 0 aromatic heterocycles. The number of ketones is 1. The van der Waals surface area contributed by atoms with Crippen molar-refractivity contribution >= 4 is 17.8 Å². The zero-order valence-electron chi connectivity index (χ0n) is 14.9. The standard InChI is InChI=1S/C17H32N2O4/c1-5-6-9-13(15(18)21)10-7-8-11-14(20)12-19-16(22)23-17(2,3)4/h13H,5-12H2,1-4H3,(H2,18,21)(H,19,22)/t13-/m1/s1. The number of rotatable bonds is 11. The van der Waals surface area contributed by atoms with Crippen LogP contribution in [0, 0.1) is 5.92 Å².